The van der Waals surface area contributed by atoms with Crippen LogP contribution in [0.1, 0.15) is 19.8 Å². The Morgan fingerprint density at radius 2 is 2.03 bits per heavy atom. The van der Waals surface area contributed by atoms with E-state index in [4.69, 9.17) is 9.47 Å². The molecule has 2 N–H and O–H groups in total. The Balaban J connectivity index is 1.74. The Morgan fingerprint density at radius 1 is 1.34 bits per heavy atom. The molecule has 29 heavy (non-hydrogen) atoms. The lowest BCUT2D eigenvalue weighted by molar-refractivity contribution is -0.384. The third-order valence-corrected chi connectivity index (χ3v) is 5.43. The summed E-state index contributed by atoms with van der Waals surface area (Å²) in [6.07, 6.45) is 1.61. The monoisotopic (exact) mass is 406 g/mol. The summed E-state index contributed by atoms with van der Waals surface area (Å²) >= 11 is 0. The number of carbonyl (C=O) groups excluding carboxylic acids is 2. The second-order valence-electron chi connectivity index (χ2n) is 8.06. The van der Waals surface area contributed by atoms with Crippen molar-refractivity contribution in [2.75, 3.05) is 45.7 Å². The summed E-state index contributed by atoms with van der Waals surface area (Å²) in [5.41, 5.74) is -1.92. The van der Waals surface area contributed by atoms with E-state index in [1.54, 1.807) is 0 Å². The van der Waals surface area contributed by atoms with Gasteiger partial charge in [0.05, 0.1) is 10.6 Å². The maximum absolute atomic E-state index is 12.9. The van der Waals surface area contributed by atoms with Gasteiger partial charge in [0.25, 0.3) is 23.1 Å². The summed E-state index contributed by atoms with van der Waals surface area (Å²) in [7, 11) is 3.96. The van der Waals surface area contributed by atoms with Crippen molar-refractivity contribution in [1.29, 1.82) is 0 Å². The maximum atomic E-state index is 12.9. The van der Waals surface area contributed by atoms with Gasteiger partial charge in [-0.3, -0.25) is 19.7 Å². The van der Waals surface area contributed by atoms with Crippen LogP contribution in [0.25, 0.3) is 0 Å². The Kier molecular flexibility index (Phi) is 5.76. The number of nitro benzene ring substituents is 1. The molecule has 0 radical (unpaired) electrons. The molecule has 158 valence electrons. The SMILES string of the molecule is CN(C)CC1(CNC(=O)C2(C)Oc3ccc([N+](=O)[O-])cc3NC2=O)CCOCC1. The van der Waals surface area contributed by atoms with Gasteiger partial charge >= 0.3 is 0 Å². The second-order valence-corrected chi connectivity index (χ2v) is 8.06. The molecule has 3 rings (SSSR count). The van der Waals surface area contributed by atoms with Crippen molar-refractivity contribution in [2.24, 2.45) is 5.41 Å². The van der Waals surface area contributed by atoms with Crippen LogP contribution in [0.2, 0.25) is 0 Å². The van der Waals surface area contributed by atoms with Crippen molar-refractivity contribution in [2.45, 2.75) is 25.4 Å². The summed E-state index contributed by atoms with van der Waals surface area (Å²) in [5, 5.41) is 16.4. The largest absolute Gasteiger partial charge is 0.466 e. The maximum Gasteiger partial charge on any atom is 0.278 e. The Hall–Kier alpha value is -2.72. The smallest absolute Gasteiger partial charge is 0.278 e. The molecule has 1 saturated heterocycles. The number of anilines is 1. The average Bonchev–Trinajstić information content (AvgIpc) is 2.66. The minimum Gasteiger partial charge on any atom is -0.466 e. The molecule has 0 bridgehead atoms. The number of hydrogen-bond acceptors (Lipinski definition) is 7. The van der Waals surface area contributed by atoms with E-state index < -0.39 is 22.3 Å². The van der Waals surface area contributed by atoms with Crippen LogP contribution in [0.5, 0.6) is 5.75 Å². The number of nitrogens with one attached hydrogen (secondary N) is 2. The number of rotatable bonds is 6. The molecule has 2 aliphatic heterocycles. The first-order valence-electron chi connectivity index (χ1n) is 9.45. The molecule has 1 fully saturated rings. The zero-order chi connectivity index (χ0) is 21.2. The van der Waals surface area contributed by atoms with Crippen molar-refractivity contribution >= 4 is 23.2 Å². The van der Waals surface area contributed by atoms with Gasteiger partial charge in [-0.05, 0) is 39.9 Å². The van der Waals surface area contributed by atoms with Gasteiger partial charge in [0.2, 0.25) is 0 Å². The summed E-state index contributed by atoms with van der Waals surface area (Å²) in [5.74, 6) is -1.01. The van der Waals surface area contributed by atoms with Gasteiger partial charge < -0.3 is 25.0 Å². The molecule has 10 nitrogen and oxygen atoms in total. The molecule has 0 aliphatic carbocycles. The molecule has 0 spiro atoms. The molecular formula is C19H26N4O6. The average molecular weight is 406 g/mol. The predicted octanol–water partition coefficient (Wildman–Crippen LogP) is 1.16. The molecule has 1 unspecified atom stereocenters. The third kappa shape index (κ3) is 4.33. The van der Waals surface area contributed by atoms with Crippen molar-refractivity contribution in [3.8, 4) is 5.75 Å². The molecule has 2 aliphatic rings. The fraction of sp³-hybridized carbons (Fsp3) is 0.579. The number of non-ortho nitro benzene ring substituents is 1. The molecule has 1 aromatic carbocycles. The van der Waals surface area contributed by atoms with Crippen molar-refractivity contribution in [1.82, 2.24) is 10.2 Å². The highest BCUT2D eigenvalue weighted by atomic mass is 16.6. The number of ether oxygens (including phenoxy) is 2. The summed E-state index contributed by atoms with van der Waals surface area (Å²) < 4.78 is 11.2. The minimum atomic E-state index is -1.77. The third-order valence-electron chi connectivity index (χ3n) is 5.43. The van der Waals surface area contributed by atoms with E-state index in [0.29, 0.717) is 19.8 Å². The molecule has 10 heteroatoms. The first kappa shape index (κ1) is 21.0. The van der Waals surface area contributed by atoms with Crippen molar-refractivity contribution in [3.05, 3.63) is 28.3 Å². The highest BCUT2D eigenvalue weighted by Gasteiger charge is 2.48. The van der Waals surface area contributed by atoms with Gasteiger partial charge in [0.15, 0.2) is 0 Å². The van der Waals surface area contributed by atoms with E-state index >= 15 is 0 Å². The second kappa shape index (κ2) is 7.96. The molecule has 2 heterocycles. The van der Waals surface area contributed by atoms with Gasteiger partial charge in [0.1, 0.15) is 5.75 Å². The highest BCUT2D eigenvalue weighted by molar-refractivity contribution is 6.15. The summed E-state index contributed by atoms with van der Waals surface area (Å²) in [4.78, 5) is 38.0. The lowest BCUT2D eigenvalue weighted by Gasteiger charge is -2.40. The zero-order valence-electron chi connectivity index (χ0n) is 16.8. The number of hydrogen-bond donors (Lipinski definition) is 2. The van der Waals surface area contributed by atoms with Crippen LogP contribution in [0.15, 0.2) is 18.2 Å². The summed E-state index contributed by atoms with van der Waals surface area (Å²) in [6, 6.07) is 3.85. The Labute approximate surface area is 168 Å². The van der Waals surface area contributed by atoms with Crippen molar-refractivity contribution in [3.63, 3.8) is 0 Å². The van der Waals surface area contributed by atoms with Gasteiger partial charge in [0, 0.05) is 43.9 Å². The quantitative estimate of drug-likeness (QED) is 0.413. The van der Waals surface area contributed by atoms with E-state index in [-0.39, 0.29) is 22.5 Å². The van der Waals surface area contributed by atoms with Crippen LogP contribution in [-0.2, 0) is 14.3 Å². The fourth-order valence-electron chi connectivity index (χ4n) is 3.78. The Bertz CT molecular complexity index is 821. The molecule has 0 aromatic heterocycles. The molecule has 1 aromatic rings. The van der Waals surface area contributed by atoms with Gasteiger partial charge in [-0.15, -0.1) is 0 Å². The summed E-state index contributed by atoms with van der Waals surface area (Å²) in [6.45, 7) is 3.83. The number of benzene rings is 1. The molecule has 0 saturated carbocycles. The standard InChI is InChI=1S/C19H26N4O6/c1-18(16(24)20-11-19(12-22(2)3)6-8-28-9-7-19)17(25)21-14-10-13(23(26)27)4-5-15(14)29-18/h4-5,10H,6-9,11-12H2,1-3H3,(H,20,24)(H,21,25). The van der Waals surface area contributed by atoms with Crippen LogP contribution >= 0.6 is 0 Å². The van der Waals surface area contributed by atoms with Crippen LogP contribution in [0.3, 0.4) is 0 Å². The van der Waals surface area contributed by atoms with Crippen LogP contribution in [-0.4, -0.2) is 67.6 Å². The van der Waals surface area contributed by atoms with Gasteiger partial charge in [-0.2, -0.15) is 0 Å². The lowest BCUT2D eigenvalue weighted by Crippen LogP contribution is -2.60. The van der Waals surface area contributed by atoms with Crippen molar-refractivity contribution < 1.29 is 24.0 Å². The minimum absolute atomic E-state index is 0.141. The number of amides is 2. The van der Waals surface area contributed by atoms with E-state index in [2.05, 4.69) is 15.5 Å². The highest BCUT2D eigenvalue weighted by Crippen LogP contribution is 2.37. The van der Waals surface area contributed by atoms with Gasteiger partial charge in [-0.1, -0.05) is 0 Å². The van der Waals surface area contributed by atoms with E-state index in [1.807, 2.05) is 14.1 Å². The normalized spacial score (nSPS) is 23.0. The zero-order valence-corrected chi connectivity index (χ0v) is 16.8. The first-order valence-corrected chi connectivity index (χ1v) is 9.45. The van der Waals surface area contributed by atoms with Crippen LogP contribution < -0.4 is 15.4 Å². The van der Waals surface area contributed by atoms with E-state index in [1.165, 1.54) is 25.1 Å². The number of carbonyl (C=O) groups is 2. The Morgan fingerprint density at radius 3 is 2.66 bits per heavy atom. The topological polar surface area (TPSA) is 123 Å². The van der Waals surface area contributed by atoms with E-state index in [0.717, 1.165) is 19.4 Å². The number of nitro groups is 1. The predicted molar refractivity (Wildman–Crippen MR) is 105 cm³/mol. The van der Waals surface area contributed by atoms with E-state index in [9.17, 15) is 19.7 Å². The molecule has 1 atom stereocenters. The first-order chi connectivity index (χ1) is 13.7. The lowest BCUT2D eigenvalue weighted by atomic mass is 9.79. The molecular weight excluding hydrogens is 380 g/mol. The van der Waals surface area contributed by atoms with Gasteiger partial charge in [-0.25, -0.2) is 0 Å². The number of fused-ring (bicyclic) bond motifs is 1. The van der Waals surface area contributed by atoms with Crippen LogP contribution in [0.4, 0.5) is 11.4 Å². The molecule has 2 amide bonds. The fourth-order valence-corrected chi connectivity index (χ4v) is 3.78. The number of nitrogens with zero attached hydrogens (tertiary/aromatic N) is 2. The van der Waals surface area contributed by atoms with Crippen LogP contribution in [0, 0.1) is 15.5 Å².